The molecule has 3 rings (SSSR count). The molecule has 3 nitrogen and oxygen atoms in total. The highest BCUT2D eigenvalue weighted by atomic mass is 32.2. The van der Waals surface area contributed by atoms with Gasteiger partial charge in [0.05, 0.1) is 11.3 Å². The molecule has 0 aliphatic carbocycles. The second-order valence-electron chi connectivity index (χ2n) is 6.14. The number of thioether (sulfide) groups is 1. The van der Waals surface area contributed by atoms with Gasteiger partial charge in [-0.2, -0.15) is 13.2 Å². The molecule has 2 atom stereocenters. The molecule has 1 fully saturated rings. The summed E-state index contributed by atoms with van der Waals surface area (Å²) in [5, 5.41) is 3.01. The summed E-state index contributed by atoms with van der Waals surface area (Å²) < 4.78 is 52.4. The van der Waals surface area contributed by atoms with Gasteiger partial charge in [-0.05, 0) is 50.1 Å². The molecule has 0 radical (unpaired) electrons. The van der Waals surface area contributed by atoms with Crippen LogP contribution in [0.5, 0.6) is 0 Å². The molecular formula is C16H19F4N3S. The molecule has 0 aromatic heterocycles. The van der Waals surface area contributed by atoms with Crippen LogP contribution in [0.15, 0.2) is 23.1 Å². The van der Waals surface area contributed by atoms with Gasteiger partial charge >= 0.3 is 6.18 Å². The highest BCUT2D eigenvalue weighted by molar-refractivity contribution is 8.04. The lowest BCUT2D eigenvalue weighted by atomic mass is 10.1. The largest absolute Gasteiger partial charge is 0.419 e. The summed E-state index contributed by atoms with van der Waals surface area (Å²) in [7, 11) is 0. The van der Waals surface area contributed by atoms with Crippen molar-refractivity contribution in [1.82, 2.24) is 10.2 Å². The van der Waals surface area contributed by atoms with E-state index in [0.717, 1.165) is 36.4 Å². The van der Waals surface area contributed by atoms with E-state index < -0.39 is 23.1 Å². The Morgan fingerprint density at radius 3 is 2.75 bits per heavy atom. The van der Waals surface area contributed by atoms with Crippen molar-refractivity contribution in [3.63, 3.8) is 0 Å². The van der Waals surface area contributed by atoms with Crippen LogP contribution in [0, 0.1) is 5.82 Å². The topological polar surface area (TPSA) is 41.3 Å². The molecular weight excluding hydrogens is 342 g/mol. The van der Waals surface area contributed by atoms with Crippen LogP contribution in [0.2, 0.25) is 0 Å². The lowest BCUT2D eigenvalue weighted by Gasteiger charge is -2.21. The maximum atomic E-state index is 13.5. The van der Waals surface area contributed by atoms with E-state index in [1.54, 1.807) is 0 Å². The van der Waals surface area contributed by atoms with Crippen LogP contribution >= 0.6 is 11.8 Å². The number of rotatable bonds is 3. The van der Waals surface area contributed by atoms with Crippen LogP contribution in [0.25, 0.3) is 5.70 Å². The standard InChI is InChI=1S/C16H19F4N3S/c1-9-3-2-6-23(9)8-13-14(22-15(21)24-13)10-4-5-12(17)11(7-10)16(18,19)20/h4-5,7,9,15,22H,2-3,6,8,21H2,1H3. The first-order valence-corrected chi connectivity index (χ1v) is 8.67. The third-order valence-corrected chi connectivity index (χ3v) is 5.42. The Morgan fingerprint density at radius 1 is 1.38 bits per heavy atom. The summed E-state index contributed by atoms with van der Waals surface area (Å²) in [6.45, 7) is 3.74. The summed E-state index contributed by atoms with van der Waals surface area (Å²) in [4.78, 5) is 3.19. The third-order valence-electron chi connectivity index (χ3n) is 4.43. The maximum Gasteiger partial charge on any atom is 0.419 e. The first-order chi connectivity index (χ1) is 11.3. The number of halogens is 4. The van der Waals surface area contributed by atoms with Crippen LogP contribution < -0.4 is 11.1 Å². The van der Waals surface area contributed by atoms with Crippen molar-refractivity contribution in [1.29, 1.82) is 0 Å². The van der Waals surface area contributed by atoms with E-state index in [-0.39, 0.29) is 0 Å². The second kappa shape index (κ2) is 6.57. The van der Waals surface area contributed by atoms with E-state index in [2.05, 4.69) is 17.1 Å². The molecule has 3 N–H and O–H groups in total. The van der Waals surface area contributed by atoms with E-state index in [9.17, 15) is 17.6 Å². The predicted molar refractivity (Wildman–Crippen MR) is 87.3 cm³/mol. The summed E-state index contributed by atoms with van der Waals surface area (Å²) in [5.74, 6) is -1.27. The van der Waals surface area contributed by atoms with Gasteiger partial charge in [0, 0.05) is 17.5 Å². The number of likely N-dealkylation sites (tertiary alicyclic amines) is 1. The zero-order valence-corrected chi connectivity index (χ0v) is 14.0. The molecule has 0 amide bonds. The van der Waals surface area contributed by atoms with Gasteiger partial charge in [0.15, 0.2) is 0 Å². The Hall–Kier alpha value is -1.25. The van der Waals surface area contributed by atoms with E-state index in [1.807, 2.05) is 0 Å². The number of hydrogen-bond acceptors (Lipinski definition) is 4. The quantitative estimate of drug-likeness (QED) is 0.808. The fourth-order valence-corrected chi connectivity index (χ4v) is 4.15. The van der Waals surface area contributed by atoms with Crippen LogP contribution in [-0.4, -0.2) is 29.5 Å². The highest BCUT2D eigenvalue weighted by Crippen LogP contribution is 2.38. The van der Waals surface area contributed by atoms with Gasteiger partial charge in [-0.1, -0.05) is 11.8 Å². The number of alkyl halides is 3. The van der Waals surface area contributed by atoms with Crippen molar-refractivity contribution in [3.05, 3.63) is 40.0 Å². The van der Waals surface area contributed by atoms with Crippen LogP contribution in [-0.2, 0) is 6.18 Å². The van der Waals surface area contributed by atoms with Crippen molar-refractivity contribution in [2.24, 2.45) is 5.73 Å². The van der Waals surface area contributed by atoms with Gasteiger partial charge < -0.3 is 11.1 Å². The van der Waals surface area contributed by atoms with Gasteiger partial charge in [-0.15, -0.1) is 0 Å². The van der Waals surface area contributed by atoms with Crippen molar-refractivity contribution in [3.8, 4) is 0 Å². The van der Waals surface area contributed by atoms with E-state index in [1.165, 1.54) is 17.8 Å². The Bertz CT molecular complexity index is 659. The summed E-state index contributed by atoms with van der Waals surface area (Å²) in [6, 6.07) is 3.51. The lowest BCUT2D eigenvalue weighted by molar-refractivity contribution is -0.140. The summed E-state index contributed by atoms with van der Waals surface area (Å²) in [5.41, 5.74) is 5.12. The molecule has 132 valence electrons. The average Bonchev–Trinajstić information content (AvgIpc) is 3.05. The number of hydrogen-bond donors (Lipinski definition) is 2. The molecule has 2 aliphatic rings. The Kier molecular flexibility index (Phi) is 4.81. The minimum Gasteiger partial charge on any atom is -0.360 e. The second-order valence-corrected chi connectivity index (χ2v) is 7.37. The van der Waals surface area contributed by atoms with Crippen LogP contribution in [0.4, 0.5) is 17.6 Å². The predicted octanol–water partition coefficient (Wildman–Crippen LogP) is 3.58. The Labute approximate surface area is 142 Å². The Morgan fingerprint density at radius 2 is 2.12 bits per heavy atom. The first-order valence-electron chi connectivity index (χ1n) is 7.79. The molecule has 1 saturated heterocycles. The highest BCUT2D eigenvalue weighted by Gasteiger charge is 2.35. The van der Waals surface area contributed by atoms with Gasteiger partial charge in [0.25, 0.3) is 0 Å². The van der Waals surface area contributed by atoms with E-state index in [4.69, 9.17) is 5.73 Å². The molecule has 2 unspecified atom stereocenters. The average molecular weight is 361 g/mol. The monoisotopic (exact) mass is 361 g/mol. The van der Waals surface area contributed by atoms with Gasteiger partial charge in [-0.3, -0.25) is 4.90 Å². The third kappa shape index (κ3) is 3.55. The lowest BCUT2D eigenvalue weighted by Crippen LogP contribution is -2.28. The minimum atomic E-state index is -4.72. The van der Waals surface area contributed by atoms with Crippen molar-refractivity contribution < 1.29 is 17.6 Å². The zero-order chi connectivity index (χ0) is 17.5. The van der Waals surface area contributed by atoms with Gasteiger partial charge in [0.2, 0.25) is 0 Å². The normalized spacial score (nSPS) is 25.4. The van der Waals surface area contributed by atoms with E-state index >= 15 is 0 Å². The zero-order valence-electron chi connectivity index (χ0n) is 13.2. The number of benzene rings is 1. The smallest absolute Gasteiger partial charge is 0.360 e. The summed E-state index contributed by atoms with van der Waals surface area (Å²) >= 11 is 1.40. The molecule has 24 heavy (non-hydrogen) atoms. The van der Waals surface area contributed by atoms with Crippen molar-refractivity contribution >= 4 is 17.5 Å². The van der Waals surface area contributed by atoms with Crippen molar-refractivity contribution in [2.75, 3.05) is 13.1 Å². The SMILES string of the molecule is CC1CCCN1CC1=C(c2ccc(F)c(C(F)(F)F)c2)NC(N)S1. The van der Waals surface area contributed by atoms with Crippen molar-refractivity contribution in [2.45, 2.75) is 37.5 Å². The number of nitrogens with two attached hydrogens (primary N) is 1. The molecule has 0 spiro atoms. The molecule has 8 heteroatoms. The fraction of sp³-hybridized carbons (Fsp3) is 0.500. The molecule has 2 heterocycles. The van der Waals surface area contributed by atoms with Gasteiger partial charge in [0.1, 0.15) is 11.3 Å². The molecule has 0 saturated carbocycles. The molecule has 1 aromatic rings. The summed E-state index contributed by atoms with van der Waals surface area (Å²) in [6.07, 6.45) is -2.50. The van der Waals surface area contributed by atoms with Gasteiger partial charge in [-0.25, -0.2) is 4.39 Å². The van der Waals surface area contributed by atoms with E-state index in [0.29, 0.717) is 23.8 Å². The molecule has 2 aliphatic heterocycles. The Balaban J connectivity index is 1.94. The number of nitrogens with zero attached hydrogens (tertiary/aromatic N) is 1. The maximum absolute atomic E-state index is 13.5. The first kappa shape index (κ1) is 17.6. The molecule has 1 aromatic carbocycles. The minimum absolute atomic E-state index is 0.311. The fourth-order valence-electron chi connectivity index (χ4n) is 3.14. The van der Waals surface area contributed by atoms with Crippen LogP contribution in [0.3, 0.4) is 0 Å². The molecule has 0 bridgehead atoms. The number of nitrogens with one attached hydrogen (secondary N) is 1. The van der Waals surface area contributed by atoms with Crippen LogP contribution in [0.1, 0.15) is 30.9 Å².